The predicted molar refractivity (Wildman–Crippen MR) is 123 cm³/mol. The van der Waals surface area contributed by atoms with Crippen LogP contribution in [0.3, 0.4) is 0 Å². The summed E-state index contributed by atoms with van der Waals surface area (Å²) in [6.45, 7) is -0.540. The minimum atomic E-state index is -4.41. The van der Waals surface area contributed by atoms with Gasteiger partial charge >= 0.3 is 12.1 Å². The van der Waals surface area contributed by atoms with E-state index in [0.29, 0.717) is 21.1 Å². The van der Waals surface area contributed by atoms with Gasteiger partial charge in [-0.25, -0.2) is 14.6 Å². The average Bonchev–Trinajstić information content (AvgIpc) is 3.45. The highest BCUT2D eigenvalue weighted by atomic mass is 79.9. The smallest absolute Gasteiger partial charge is 0.393 e. The Morgan fingerprint density at radius 2 is 2.06 bits per heavy atom. The van der Waals surface area contributed by atoms with Gasteiger partial charge in [0.25, 0.3) is 0 Å². The lowest BCUT2D eigenvalue weighted by molar-refractivity contribution is -0.169. The summed E-state index contributed by atoms with van der Waals surface area (Å²) in [4.78, 5) is 20.7. The number of carboxylic acid groups (broad SMARTS) is 1. The molecule has 0 saturated carbocycles. The third-order valence-electron chi connectivity index (χ3n) is 5.51. The Balaban J connectivity index is 1.78. The fourth-order valence-corrected chi connectivity index (χ4v) is 4.81. The van der Waals surface area contributed by atoms with Crippen molar-refractivity contribution in [1.29, 1.82) is 0 Å². The molecule has 3 heterocycles. The number of carboxylic acids is 1. The fourth-order valence-electron chi connectivity index (χ4n) is 3.88. The monoisotopic (exact) mass is 581 g/mol. The number of hydrogen-bond donors (Lipinski definition) is 1. The van der Waals surface area contributed by atoms with E-state index in [9.17, 15) is 18.0 Å². The van der Waals surface area contributed by atoms with Crippen LogP contribution in [0.2, 0.25) is 10.0 Å². The van der Waals surface area contributed by atoms with E-state index in [1.807, 2.05) is 0 Å². The van der Waals surface area contributed by atoms with Gasteiger partial charge in [-0.2, -0.15) is 18.3 Å². The minimum Gasteiger partial charge on any atom is -0.481 e. The third kappa shape index (κ3) is 5.09. The summed E-state index contributed by atoms with van der Waals surface area (Å²) in [6.07, 6.45) is -2.10. The SMILES string of the molecule is O=C(O)CCOC[C@@H]1C[C@H](C(F)(F)F)CN1c1cc(-n2cncn2)c2cc(Br)c(Cl)c(Cl)c2n1. The highest BCUT2D eigenvalue weighted by Gasteiger charge is 2.48. The second-order valence-electron chi connectivity index (χ2n) is 7.72. The summed E-state index contributed by atoms with van der Waals surface area (Å²) in [6, 6.07) is 2.63. The van der Waals surface area contributed by atoms with Crippen LogP contribution in [0.25, 0.3) is 16.6 Å². The van der Waals surface area contributed by atoms with Crippen molar-refractivity contribution >= 4 is 61.8 Å². The van der Waals surface area contributed by atoms with Gasteiger partial charge in [0.2, 0.25) is 0 Å². The maximum Gasteiger partial charge on any atom is 0.393 e. The number of rotatable bonds is 7. The normalized spacial score (nSPS) is 18.7. The van der Waals surface area contributed by atoms with E-state index in [0.717, 1.165) is 0 Å². The molecule has 0 radical (unpaired) electrons. The molecule has 3 aromatic rings. The largest absolute Gasteiger partial charge is 0.481 e. The lowest BCUT2D eigenvalue weighted by atomic mass is 10.1. The van der Waals surface area contributed by atoms with Crippen molar-refractivity contribution in [1.82, 2.24) is 19.7 Å². The van der Waals surface area contributed by atoms with E-state index in [4.69, 9.17) is 33.0 Å². The first-order chi connectivity index (χ1) is 16.1. The van der Waals surface area contributed by atoms with E-state index in [1.165, 1.54) is 22.2 Å². The van der Waals surface area contributed by atoms with Gasteiger partial charge in [0.1, 0.15) is 18.5 Å². The molecule has 34 heavy (non-hydrogen) atoms. The Hall–Kier alpha value is -2.15. The maximum atomic E-state index is 13.6. The van der Waals surface area contributed by atoms with Gasteiger partial charge in [-0.3, -0.25) is 4.79 Å². The van der Waals surface area contributed by atoms with E-state index in [2.05, 4.69) is 31.0 Å². The molecule has 1 aliphatic heterocycles. The molecule has 182 valence electrons. The highest BCUT2D eigenvalue weighted by molar-refractivity contribution is 9.10. The fraction of sp³-hybridized carbons (Fsp3) is 0.400. The molecule has 14 heteroatoms. The first kappa shape index (κ1) is 25.0. The summed E-state index contributed by atoms with van der Waals surface area (Å²) < 4.78 is 48.2. The standard InChI is InChI=1S/C20H17BrCl2F3N5O3/c21-13-4-12-14(31-9-27-8-28-31)5-15(29-19(12)18(23)17(13)22)30-6-10(20(24,25)26)3-11(30)7-34-2-1-16(32)33/h4-5,8-11H,1-3,6-7H2,(H,32,33)/t10-,11-/m0/s1. The zero-order valence-electron chi connectivity index (χ0n) is 17.3. The van der Waals surface area contributed by atoms with Crippen molar-refractivity contribution in [3.8, 4) is 5.69 Å². The number of aliphatic carboxylic acids is 1. The van der Waals surface area contributed by atoms with Crippen LogP contribution in [0.15, 0.2) is 29.3 Å². The van der Waals surface area contributed by atoms with Crippen LogP contribution in [0.1, 0.15) is 12.8 Å². The molecule has 1 N–H and O–H groups in total. The van der Waals surface area contributed by atoms with E-state index < -0.39 is 24.1 Å². The molecular weight excluding hydrogens is 566 g/mol. The van der Waals surface area contributed by atoms with Gasteiger partial charge in [0, 0.05) is 22.5 Å². The van der Waals surface area contributed by atoms with Crippen LogP contribution in [0.5, 0.6) is 0 Å². The molecule has 0 bridgehead atoms. The zero-order valence-corrected chi connectivity index (χ0v) is 20.4. The van der Waals surface area contributed by atoms with E-state index >= 15 is 0 Å². The average molecular weight is 583 g/mol. The van der Waals surface area contributed by atoms with Crippen molar-refractivity contribution in [2.45, 2.75) is 25.1 Å². The number of benzene rings is 1. The van der Waals surface area contributed by atoms with Gasteiger partial charge in [0.05, 0.1) is 52.8 Å². The van der Waals surface area contributed by atoms with Crippen LogP contribution in [0, 0.1) is 5.92 Å². The third-order valence-corrected chi connectivity index (χ3v) is 7.22. The number of alkyl halides is 3. The number of carbonyl (C=O) groups is 1. The van der Waals surface area contributed by atoms with Gasteiger partial charge in [-0.1, -0.05) is 23.2 Å². The number of aromatic nitrogens is 4. The van der Waals surface area contributed by atoms with Crippen molar-refractivity contribution in [2.75, 3.05) is 24.7 Å². The van der Waals surface area contributed by atoms with Crippen LogP contribution >= 0.6 is 39.1 Å². The second-order valence-corrected chi connectivity index (χ2v) is 9.33. The van der Waals surface area contributed by atoms with Crippen molar-refractivity contribution < 1.29 is 27.8 Å². The van der Waals surface area contributed by atoms with Crippen LogP contribution in [0.4, 0.5) is 19.0 Å². The number of fused-ring (bicyclic) bond motifs is 1. The summed E-state index contributed by atoms with van der Waals surface area (Å²) in [5, 5.41) is 13.8. The lowest BCUT2D eigenvalue weighted by Gasteiger charge is -2.27. The molecule has 0 unspecified atom stereocenters. The molecule has 0 aliphatic carbocycles. The van der Waals surface area contributed by atoms with Crippen molar-refractivity contribution in [2.24, 2.45) is 5.92 Å². The molecule has 1 saturated heterocycles. The number of anilines is 1. The van der Waals surface area contributed by atoms with Gasteiger partial charge in [-0.05, 0) is 28.4 Å². The summed E-state index contributed by atoms with van der Waals surface area (Å²) in [7, 11) is 0. The van der Waals surface area contributed by atoms with Gasteiger partial charge in [0.15, 0.2) is 0 Å². The van der Waals surface area contributed by atoms with Crippen LogP contribution < -0.4 is 4.90 Å². The van der Waals surface area contributed by atoms with E-state index in [-0.39, 0.29) is 48.5 Å². The molecule has 2 aromatic heterocycles. The topological polar surface area (TPSA) is 93.4 Å². The zero-order chi connectivity index (χ0) is 24.6. The van der Waals surface area contributed by atoms with Crippen molar-refractivity contribution in [3.05, 3.63) is 39.3 Å². The molecule has 1 fully saturated rings. The molecule has 2 atom stereocenters. The minimum absolute atomic E-state index is 0.0902. The molecular formula is C20H17BrCl2F3N5O3. The molecule has 1 aliphatic rings. The molecule has 0 amide bonds. The quantitative estimate of drug-likeness (QED) is 0.305. The number of hydrogen-bond acceptors (Lipinski definition) is 6. The molecule has 4 rings (SSSR count). The Kier molecular flexibility index (Phi) is 7.22. The Labute approximate surface area is 209 Å². The second kappa shape index (κ2) is 9.84. The summed E-state index contributed by atoms with van der Waals surface area (Å²) in [5.41, 5.74) is 0.789. The molecule has 0 spiro atoms. The first-order valence-corrected chi connectivity index (χ1v) is 11.6. The van der Waals surface area contributed by atoms with E-state index in [1.54, 1.807) is 12.1 Å². The predicted octanol–water partition coefficient (Wildman–Crippen LogP) is 5.13. The number of nitrogens with zero attached hydrogens (tertiary/aromatic N) is 5. The number of ether oxygens (including phenoxy) is 1. The molecule has 1 aromatic carbocycles. The Morgan fingerprint density at radius 3 is 2.71 bits per heavy atom. The van der Waals surface area contributed by atoms with Crippen molar-refractivity contribution in [3.63, 3.8) is 0 Å². The number of halogens is 6. The van der Waals surface area contributed by atoms with Crippen LogP contribution in [-0.4, -0.2) is 62.8 Å². The van der Waals surface area contributed by atoms with Crippen LogP contribution in [-0.2, 0) is 9.53 Å². The maximum absolute atomic E-state index is 13.6. The molecule has 8 nitrogen and oxygen atoms in total. The lowest BCUT2D eigenvalue weighted by Crippen LogP contribution is -2.34. The Morgan fingerprint density at radius 1 is 1.29 bits per heavy atom. The first-order valence-electron chi connectivity index (χ1n) is 10.0. The summed E-state index contributed by atoms with van der Waals surface area (Å²) >= 11 is 16.1. The van der Waals surface area contributed by atoms with Gasteiger partial charge < -0.3 is 14.7 Å². The highest BCUT2D eigenvalue weighted by Crippen LogP contribution is 2.42. The number of pyridine rings is 1. The summed E-state index contributed by atoms with van der Waals surface area (Å²) in [5.74, 6) is -2.42. The van der Waals surface area contributed by atoms with Gasteiger partial charge in [-0.15, -0.1) is 0 Å². The Bertz CT molecular complexity index is 1210.